The molecule has 0 atom stereocenters. The highest BCUT2D eigenvalue weighted by molar-refractivity contribution is 6.01. The van der Waals surface area contributed by atoms with Gasteiger partial charge in [-0.25, -0.2) is 9.18 Å². The second kappa shape index (κ2) is 8.39. The highest BCUT2D eigenvalue weighted by Crippen LogP contribution is 2.24. The van der Waals surface area contributed by atoms with Crippen molar-refractivity contribution < 1.29 is 18.9 Å². The van der Waals surface area contributed by atoms with Crippen molar-refractivity contribution in [3.8, 4) is 11.3 Å². The molecule has 0 aliphatic carbocycles. The Morgan fingerprint density at radius 2 is 1.90 bits per heavy atom. The molecule has 0 saturated carbocycles. The van der Waals surface area contributed by atoms with Gasteiger partial charge in [0.15, 0.2) is 5.82 Å². The van der Waals surface area contributed by atoms with Gasteiger partial charge in [-0.2, -0.15) is 5.10 Å². The summed E-state index contributed by atoms with van der Waals surface area (Å²) in [6, 6.07) is 10.4. The summed E-state index contributed by atoms with van der Waals surface area (Å²) in [4.78, 5) is 35.8. The number of nitro groups is 1. The first-order chi connectivity index (χ1) is 14.2. The first kappa shape index (κ1) is 20.5. The molecule has 0 bridgehead atoms. The number of non-ortho nitro benzene ring substituents is 1. The highest BCUT2D eigenvalue weighted by atomic mass is 19.1. The monoisotopic (exact) mass is 412 g/mol. The van der Waals surface area contributed by atoms with E-state index in [1.165, 1.54) is 55.4 Å². The third-order valence-electron chi connectivity index (χ3n) is 4.05. The average Bonchev–Trinajstić information content (AvgIpc) is 3.17. The van der Waals surface area contributed by atoms with Gasteiger partial charge in [0.2, 0.25) is 0 Å². The van der Waals surface area contributed by atoms with E-state index in [2.05, 4.69) is 20.8 Å². The summed E-state index contributed by atoms with van der Waals surface area (Å²) >= 11 is 0. The van der Waals surface area contributed by atoms with Crippen molar-refractivity contribution in [3.05, 3.63) is 70.0 Å². The highest BCUT2D eigenvalue weighted by Gasteiger charge is 2.16. The predicted molar refractivity (Wildman–Crippen MR) is 108 cm³/mol. The van der Waals surface area contributed by atoms with Crippen LogP contribution in [0.4, 0.5) is 26.4 Å². The van der Waals surface area contributed by atoms with E-state index in [1.54, 1.807) is 6.07 Å². The largest absolute Gasteiger partial charge is 0.345 e. The number of amides is 3. The Kier molecular flexibility index (Phi) is 5.72. The minimum Gasteiger partial charge on any atom is -0.345 e. The molecule has 154 valence electrons. The summed E-state index contributed by atoms with van der Waals surface area (Å²) in [5.41, 5.74) is 0.956. The number of anilines is 2. The molecule has 0 spiro atoms. The van der Waals surface area contributed by atoms with E-state index >= 15 is 0 Å². The van der Waals surface area contributed by atoms with Gasteiger partial charge in [-0.15, -0.1) is 0 Å². The Morgan fingerprint density at radius 1 is 1.13 bits per heavy atom. The molecule has 3 rings (SSSR count). The minimum absolute atomic E-state index is 0.0752. The van der Waals surface area contributed by atoms with Crippen LogP contribution in [0.2, 0.25) is 0 Å². The molecule has 0 aliphatic rings. The number of hydrogen-bond donors (Lipinski definition) is 3. The third kappa shape index (κ3) is 4.58. The lowest BCUT2D eigenvalue weighted by molar-refractivity contribution is -0.384. The number of nitrogens with one attached hydrogen (secondary N) is 3. The molecule has 0 fully saturated rings. The first-order valence-electron chi connectivity index (χ1n) is 8.64. The number of carbonyl (C=O) groups excluding carboxylic acids is 2. The topological polar surface area (TPSA) is 133 Å². The van der Waals surface area contributed by atoms with Crippen LogP contribution in [0.25, 0.3) is 11.3 Å². The van der Waals surface area contributed by atoms with Gasteiger partial charge in [-0.05, 0) is 18.2 Å². The molecule has 3 amide bonds. The molecular weight excluding hydrogens is 395 g/mol. The summed E-state index contributed by atoms with van der Waals surface area (Å²) in [5, 5.41) is 22.5. The standard InChI is InChI=1S/C19H17FN6O4/c1-25(2)18(27)14-9-12(6-7-15(14)20)21-19(28)22-17-10-16(23-24-17)11-4-3-5-13(8-11)26(29)30/h3-10H,1-2H3,(H3,21,22,23,24,28). The van der Waals surface area contributed by atoms with Gasteiger partial charge in [-0.3, -0.25) is 25.3 Å². The number of benzene rings is 2. The fraction of sp³-hybridized carbons (Fsp3) is 0.105. The Bertz CT molecular complexity index is 1130. The lowest BCUT2D eigenvalue weighted by Gasteiger charge is -2.12. The summed E-state index contributed by atoms with van der Waals surface area (Å²) in [6.07, 6.45) is 0. The maximum Gasteiger partial charge on any atom is 0.324 e. The number of carbonyl (C=O) groups is 2. The Labute approximate surface area is 169 Å². The molecule has 10 nitrogen and oxygen atoms in total. The van der Waals surface area contributed by atoms with Crippen LogP contribution in [-0.4, -0.2) is 46.1 Å². The van der Waals surface area contributed by atoms with Crippen LogP contribution < -0.4 is 10.6 Å². The second-order valence-corrected chi connectivity index (χ2v) is 6.45. The molecule has 0 saturated heterocycles. The molecule has 3 N–H and O–H groups in total. The van der Waals surface area contributed by atoms with Crippen molar-refractivity contribution in [2.24, 2.45) is 0 Å². The van der Waals surface area contributed by atoms with E-state index in [0.29, 0.717) is 11.3 Å². The van der Waals surface area contributed by atoms with Crippen LogP contribution in [0, 0.1) is 15.9 Å². The summed E-state index contributed by atoms with van der Waals surface area (Å²) < 4.78 is 13.9. The van der Waals surface area contributed by atoms with Gasteiger partial charge in [0.25, 0.3) is 11.6 Å². The maximum absolute atomic E-state index is 13.9. The van der Waals surface area contributed by atoms with Crippen molar-refractivity contribution >= 4 is 29.1 Å². The van der Waals surface area contributed by atoms with E-state index in [1.807, 2.05) is 0 Å². The lowest BCUT2D eigenvalue weighted by atomic mass is 10.1. The van der Waals surface area contributed by atoms with E-state index in [-0.39, 0.29) is 22.8 Å². The first-order valence-corrected chi connectivity index (χ1v) is 8.64. The second-order valence-electron chi connectivity index (χ2n) is 6.45. The minimum atomic E-state index is -0.700. The summed E-state index contributed by atoms with van der Waals surface area (Å²) in [6.45, 7) is 0. The van der Waals surface area contributed by atoms with Crippen molar-refractivity contribution in [1.82, 2.24) is 15.1 Å². The van der Waals surface area contributed by atoms with Crippen LogP contribution in [0.1, 0.15) is 10.4 Å². The zero-order valence-electron chi connectivity index (χ0n) is 16.0. The molecule has 1 heterocycles. The van der Waals surface area contributed by atoms with Crippen LogP contribution in [0.5, 0.6) is 0 Å². The van der Waals surface area contributed by atoms with E-state index in [9.17, 15) is 24.1 Å². The number of H-pyrrole nitrogens is 1. The lowest BCUT2D eigenvalue weighted by Crippen LogP contribution is -2.24. The molecule has 0 unspecified atom stereocenters. The third-order valence-corrected chi connectivity index (χ3v) is 4.05. The number of aromatic amines is 1. The molecule has 0 radical (unpaired) electrons. The number of nitrogens with zero attached hydrogens (tertiary/aromatic N) is 3. The predicted octanol–water partition coefficient (Wildman–Crippen LogP) is 3.47. The van der Waals surface area contributed by atoms with E-state index < -0.39 is 22.7 Å². The van der Waals surface area contributed by atoms with Crippen molar-refractivity contribution in [2.45, 2.75) is 0 Å². The van der Waals surface area contributed by atoms with Crippen LogP contribution >= 0.6 is 0 Å². The average molecular weight is 412 g/mol. The van der Waals surface area contributed by atoms with Gasteiger partial charge >= 0.3 is 6.03 Å². The van der Waals surface area contributed by atoms with Gasteiger partial charge in [-0.1, -0.05) is 12.1 Å². The zero-order valence-corrected chi connectivity index (χ0v) is 16.0. The van der Waals surface area contributed by atoms with E-state index in [4.69, 9.17) is 0 Å². The van der Waals surface area contributed by atoms with Crippen molar-refractivity contribution in [3.63, 3.8) is 0 Å². The number of rotatable bonds is 5. The molecular formula is C19H17FN6O4. The van der Waals surface area contributed by atoms with Crippen LogP contribution in [0.3, 0.4) is 0 Å². The maximum atomic E-state index is 13.9. The molecule has 1 aromatic heterocycles. The summed E-state index contributed by atoms with van der Waals surface area (Å²) in [7, 11) is 2.98. The fourth-order valence-electron chi connectivity index (χ4n) is 2.61. The Balaban J connectivity index is 1.71. The smallest absolute Gasteiger partial charge is 0.324 e. The van der Waals surface area contributed by atoms with Crippen LogP contribution in [-0.2, 0) is 0 Å². The molecule has 30 heavy (non-hydrogen) atoms. The Hall–Kier alpha value is -4.28. The van der Waals surface area contributed by atoms with Crippen LogP contribution in [0.15, 0.2) is 48.5 Å². The number of aromatic nitrogens is 2. The van der Waals surface area contributed by atoms with Gasteiger partial charge in [0.05, 0.1) is 16.2 Å². The van der Waals surface area contributed by atoms with Gasteiger partial charge in [0, 0.05) is 43.5 Å². The van der Waals surface area contributed by atoms with Gasteiger partial charge < -0.3 is 10.2 Å². The molecule has 3 aromatic rings. The quantitative estimate of drug-likeness (QED) is 0.436. The normalized spacial score (nSPS) is 10.4. The SMILES string of the molecule is CN(C)C(=O)c1cc(NC(=O)Nc2cc(-c3cccc([N+](=O)[O-])c3)[nH]n2)ccc1F. The number of hydrogen-bond acceptors (Lipinski definition) is 5. The Morgan fingerprint density at radius 3 is 2.60 bits per heavy atom. The number of nitro benzene ring substituents is 1. The molecule has 0 aliphatic heterocycles. The fourth-order valence-corrected chi connectivity index (χ4v) is 2.61. The van der Waals surface area contributed by atoms with Crippen molar-refractivity contribution in [2.75, 3.05) is 24.7 Å². The molecule has 2 aromatic carbocycles. The van der Waals surface area contributed by atoms with Gasteiger partial charge in [0.1, 0.15) is 5.82 Å². The summed E-state index contributed by atoms with van der Waals surface area (Å²) in [5.74, 6) is -1.07. The van der Waals surface area contributed by atoms with E-state index in [0.717, 1.165) is 6.07 Å². The molecule has 11 heteroatoms. The zero-order chi connectivity index (χ0) is 21.8. The van der Waals surface area contributed by atoms with Crippen molar-refractivity contribution in [1.29, 1.82) is 0 Å². The number of urea groups is 1. The number of halogens is 1.